The van der Waals surface area contributed by atoms with Crippen molar-refractivity contribution in [3.05, 3.63) is 29.8 Å². The second-order valence-corrected chi connectivity index (χ2v) is 6.57. The highest BCUT2D eigenvalue weighted by atomic mass is 16.5. The average molecular weight is 322 g/mol. The highest BCUT2D eigenvalue weighted by molar-refractivity contribution is 5.80. The number of rotatable bonds is 9. The summed E-state index contributed by atoms with van der Waals surface area (Å²) in [7, 11) is 1.66. The molecule has 1 amide bonds. The topological polar surface area (TPSA) is 59.6 Å². The van der Waals surface area contributed by atoms with E-state index in [-0.39, 0.29) is 11.3 Å². The van der Waals surface area contributed by atoms with E-state index in [1.165, 1.54) is 5.56 Å². The maximum absolute atomic E-state index is 12.0. The Labute approximate surface area is 139 Å². The number of benzene rings is 1. The lowest BCUT2D eigenvalue weighted by Gasteiger charge is -2.20. The largest absolute Gasteiger partial charge is 0.481 e. The molecule has 5 nitrogen and oxygen atoms in total. The first-order chi connectivity index (χ1) is 10.8. The third kappa shape index (κ3) is 7.48. The Hall–Kier alpha value is -1.59. The quantitative estimate of drug-likeness (QED) is 0.684. The minimum Gasteiger partial charge on any atom is -0.481 e. The van der Waals surface area contributed by atoms with Gasteiger partial charge in [0.25, 0.3) is 5.91 Å². The van der Waals surface area contributed by atoms with Crippen molar-refractivity contribution in [2.24, 2.45) is 0 Å². The lowest BCUT2D eigenvalue weighted by molar-refractivity contribution is -0.127. The molecule has 1 atom stereocenters. The summed E-state index contributed by atoms with van der Waals surface area (Å²) >= 11 is 0. The first-order valence-electron chi connectivity index (χ1n) is 8.09. The number of carbonyl (C=O) groups is 1. The number of nitrogens with one attached hydrogen (secondary N) is 2. The molecule has 130 valence electrons. The summed E-state index contributed by atoms with van der Waals surface area (Å²) in [6.45, 7) is 11.0. The van der Waals surface area contributed by atoms with Gasteiger partial charge < -0.3 is 20.1 Å². The van der Waals surface area contributed by atoms with Crippen LogP contribution in [0.4, 0.5) is 0 Å². The molecule has 1 aromatic carbocycles. The van der Waals surface area contributed by atoms with Crippen LogP contribution >= 0.6 is 0 Å². The predicted molar refractivity (Wildman–Crippen MR) is 93.0 cm³/mol. The molecule has 0 aliphatic carbocycles. The number of carbonyl (C=O) groups excluding carboxylic acids is 1. The molecule has 0 saturated heterocycles. The van der Waals surface area contributed by atoms with Crippen LogP contribution in [0.25, 0.3) is 0 Å². The van der Waals surface area contributed by atoms with Crippen molar-refractivity contribution in [2.45, 2.75) is 39.2 Å². The molecule has 0 aromatic heterocycles. The highest BCUT2D eigenvalue weighted by Gasteiger charge is 2.16. The van der Waals surface area contributed by atoms with Gasteiger partial charge in [-0.3, -0.25) is 4.79 Å². The van der Waals surface area contributed by atoms with Crippen LogP contribution in [-0.4, -0.2) is 45.4 Å². The summed E-state index contributed by atoms with van der Waals surface area (Å²) in [6, 6.07) is 7.91. The van der Waals surface area contributed by atoms with Crippen molar-refractivity contribution in [2.75, 3.05) is 33.4 Å². The molecule has 0 spiro atoms. The first-order valence-corrected chi connectivity index (χ1v) is 8.09. The van der Waals surface area contributed by atoms with Gasteiger partial charge >= 0.3 is 0 Å². The fourth-order valence-corrected chi connectivity index (χ4v) is 2.01. The van der Waals surface area contributed by atoms with E-state index in [9.17, 15) is 4.79 Å². The van der Waals surface area contributed by atoms with Crippen molar-refractivity contribution in [1.29, 1.82) is 0 Å². The van der Waals surface area contributed by atoms with Crippen molar-refractivity contribution in [1.82, 2.24) is 10.6 Å². The molecule has 0 radical (unpaired) electrons. The molecule has 0 bridgehead atoms. The number of ether oxygens (including phenoxy) is 2. The standard InChI is InChI=1S/C18H30N2O3/c1-14(17(21)20-11-10-19-12-13-22-5)23-16-8-6-15(7-9-16)18(2,3)4/h6-9,14,19H,10-13H2,1-5H3,(H,20,21). The van der Waals surface area contributed by atoms with E-state index >= 15 is 0 Å². The second kappa shape index (κ2) is 9.53. The summed E-state index contributed by atoms with van der Waals surface area (Å²) < 4.78 is 10.6. The van der Waals surface area contributed by atoms with Crippen LogP contribution in [0.3, 0.4) is 0 Å². The van der Waals surface area contributed by atoms with Gasteiger partial charge in [0, 0.05) is 26.7 Å². The minimum atomic E-state index is -0.519. The van der Waals surface area contributed by atoms with Gasteiger partial charge in [-0.15, -0.1) is 0 Å². The van der Waals surface area contributed by atoms with E-state index in [0.29, 0.717) is 25.4 Å². The van der Waals surface area contributed by atoms with Crippen molar-refractivity contribution < 1.29 is 14.3 Å². The maximum atomic E-state index is 12.0. The van der Waals surface area contributed by atoms with Gasteiger partial charge in [-0.1, -0.05) is 32.9 Å². The Kier molecular flexibility index (Phi) is 8.06. The fraction of sp³-hybridized carbons (Fsp3) is 0.611. The lowest BCUT2D eigenvalue weighted by atomic mass is 9.87. The van der Waals surface area contributed by atoms with Crippen LogP contribution in [0, 0.1) is 0 Å². The van der Waals surface area contributed by atoms with E-state index in [1.54, 1.807) is 14.0 Å². The van der Waals surface area contributed by atoms with Crippen LogP contribution in [0.2, 0.25) is 0 Å². The van der Waals surface area contributed by atoms with E-state index < -0.39 is 6.10 Å². The fourth-order valence-electron chi connectivity index (χ4n) is 2.01. The monoisotopic (exact) mass is 322 g/mol. The molecule has 1 unspecified atom stereocenters. The Bertz CT molecular complexity index is 466. The maximum Gasteiger partial charge on any atom is 0.260 e. The molecule has 5 heteroatoms. The van der Waals surface area contributed by atoms with Crippen LogP contribution in [0.1, 0.15) is 33.3 Å². The third-order valence-electron chi connectivity index (χ3n) is 3.49. The Morgan fingerprint density at radius 3 is 2.35 bits per heavy atom. The summed E-state index contributed by atoms with van der Waals surface area (Å²) in [4.78, 5) is 12.0. The van der Waals surface area contributed by atoms with E-state index in [0.717, 1.165) is 6.54 Å². The van der Waals surface area contributed by atoms with Crippen molar-refractivity contribution in [3.63, 3.8) is 0 Å². The van der Waals surface area contributed by atoms with Gasteiger partial charge in [-0.2, -0.15) is 0 Å². The summed E-state index contributed by atoms with van der Waals surface area (Å²) in [5.74, 6) is 0.595. The van der Waals surface area contributed by atoms with Crippen LogP contribution < -0.4 is 15.4 Å². The average Bonchev–Trinajstić information content (AvgIpc) is 2.50. The summed E-state index contributed by atoms with van der Waals surface area (Å²) in [6.07, 6.45) is -0.519. The molecule has 0 saturated carbocycles. The zero-order valence-corrected chi connectivity index (χ0v) is 14.9. The number of hydrogen-bond acceptors (Lipinski definition) is 4. The van der Waals surface area contributed by atoms with E-state index in [4.69, 9.17) is 9.47 Å². The van der Waals surface area contributed by atoms with Gasteiger partial charge in [-0.05, 0) is 30.0 Å². The Balaban J connectivity index is 2.34. The number of hydrogen-bond donors (Lipinski definition) is 2. The molecule has 0 heterocycles. The molecule has 0 aliphatic heterocycles. The normalized spacial score (nSPS) is 12.7. The van der Waals surface area contributed by atoms with Gasteiger partial charge in [0.05, 0.1) is 6.61 Å². The van der Waals surface area contributed by atoms with Crippen LogP contribution in [0.5, 0.6) is 5.75 Å². The molecule has 0 fully saturated rings. The summed E-state index contributed by atoms with van der Waals surface area (Å²) in [5, 5.41) is 6.02. The van der Waals surface area contributed by atoms with E-state index in [2.05, 4.69) is 31.4 Å². The Morgan fingerprint density at radius 1 is 1.13 bits per heavy atom. The zero-order valence-electron chi connectivity index (χ0n) is 14.9. The molecular weight excluding hydrogens is 292 g/mol. The van der Waals surface area contributed by atoms with Crippen LogP contribution in [0.15, 0.2) is 24.3 Å². The molecule has 1 aromatic rings. The van der Waals surface area contributed by atoms with Crippen LogP contribution in [-0.2, 0) is 14.9 Å². The van der Waals surface area contributed by atoms with Gasteiger partial charge in [0.1, 0.15) is 5.75 Å². The highest BCUT2D eigenvalue weighted by Crippen LogP contribution is 2.24. The van der Waals surface area contributed by atoms with Gasteiger partial charge in [0.2, 0.25) is 0 Å². The molecular formula is C18H30N2O3. The van der Waals surface area contributed by atoms with Crippen molar-refractivity contribution >= 4 is 5.91 Å². The predicted octanol–water partition coefficient (Wildman–Crippen LogP) is 2.10. The van der Waals surface area contributed by atoms with E-state index in [1.807, 2.05) is 24.3 Å². The molecule has 2 N–H and O–H groups in total. The molecule has 1 rings (SSSR count). The van der Waals surface area contributed by atoms with Gasteiger partial charge in [0.15, 0.2) is 6.10 Å². The summed E-state index contributed by atoms with van der Waals surface area (Å²) in [5.41, 5.74) is 1.35. The smallest absolute Gasteiger partial charge is 0.260 e. The third-order valence-corrected chi connectivity index (χ3v) is 3.49. The number of methoxy groups -OCH3 is 1. The van der Waals surface area contributed by atoms with Crippen molar-refractivity contribution in [3.8, 4) is 5.75 Å². The molecule has 0 aliphatic rings. The Morgan fingerprint density at radius 2 is 1.78 bits per heavy atom. The SMILES string of the molecule is COCCNCCNC(=O)C(C)Oc1ccc(C(C)(C)C)cc1. The first kappa shape index (κ1) is 19.5. The minimum absolute atomic E-state index is 0.108. The number of amides is 1. The van der Waals surface area contributed by atoms with Gasteiger partial charge in [-0.25, -0.2) is 0 Å². The lowest BCUT2D eigenvalue weighted by Crippen LogP contribution is -2.40. The molecule has 23 heavy (non-hydrogen) atoms. The second-order valence-electron chi connectivity index (χ2n) is 6.57. The zero-order chi connectivity index (χ0) is 17.3.